The lowest BCUT2D eigenvalue weighted by Gasteiger charge is -2.10. The molecule has 0 aliphatic rings. The number of carbonyl (C=O) groups is 1. The van der Waals surface area contributed by atoms with E-state index >= 15 is 0 Å². The zero-order chi connectivity index (χ0) is 16.5. The molecule has 9 heteroatoms. The second kappa shape index (κ2) is 6.12. The molecule has 3 N–H and O–H groups in total. The first kappa shape index (κ1) is 16.5. The van der Waals surface area contributed by atoms with Crippen molar-refractivity contribution in [1.29, 1.82) is 0 Å². The van der Waals surface area contributed by atoms with Crippen LogP contribution in [-0.4, -0.2) is 14.3 Å². The summed E-state index contributed by atoms with van der Waals surface area (Å²) >= 11 is 11.3. The predicted molar refractivity (Wildman–Crippen MR) is 82.2 cm³/mol. The maximum absolute atomic E-state index is 13.1. The molecule has 116 valence electrons. The zero-order valence-electron chi connectivity index (χ0n) is 10.8. The van der Waals surface area contributed by atoms with E-state index in [4.69, 9.17) is 28.9 Å². The number of sulfonamides is 1. The van der Waals surface area contributed by atoms with Crippen LogP contribution < -0.4 is 10.5 Å². The fourth-order valence-corrected chi connectivity index (χ4v) is 3.17. The minimum absolute atomic E-state index is 0.0287. The average Bonchev–Trinajstić information content (AvgIpc) is 2.43. The minimum Gasteiger partial charge on any atom is -0.366 e. The van der Waals surface area contributed by atoms with Crippen LogP contribution in [0.3, 0.4) is 0 Å². The molecule has 0 radical (unpaired) electrons. The fourth-order valence-electron chi connectivity index (χ4n) is 1.64. The highest BCUT2D eigenvalue weighted by atomic mass is 35.5. The largest absolute Gasteiger partial charge is 0.366 e. The van der Waals surface area contributed by atoms with E-state index in [1.807, 2.05) is 0 Å². The lowest BCUT2D eigenvalue weighted by molar-refractivity contribution is 0.100. The number of benzene rings is 2. The van der Waals surface area contributed by atoms with Gasteiger partial charge in [0, 0.05) is 5.69 Å². The Morgan fingerprint density at radius 3 is 2.36 bits per heavy atom. The summed E-state index contributed by atoms with van der Waals surface area (Å²) in [6.07, 6.45) is 0. The van der Waals surface area contributed by atoms with Crippen molar-refractivity contribution in [3.63, 3.8) is 0 Å². The Balaban J connectivity index is 2.38. The van der Waals surface area contributed by atoms with Gasteiger partial charge in [-0.2, -0.15) is 0 Å². The Morgan fingerprint density at radius 1 is 1.09 bits per heavy atom. The molecule has 2 rings (SSSR count). The molecule has 5 nitrogen and oxygen atoms in total. The zero-order valence-corrected chi connectivity index (χ0v) is 13.1. The standard InChI is InChI=1S/C13H9Cl2FN2O3S/c14-10-3-1-7(5-9(10)13(17)19)18-22(20,21)8-2-4-12(16)11(15)6-8/h1-6,18H,(H2,17,19). The van der Waals surface area contributed by atoms with Gasteiger partial charge in [0.15, 0.2) is 0 Å². The summed E-state index contributed by atoms with van der Waals surface area (Å²) in [6.45, 7) is 0. The summed E-state index contributed by atoms with van der Waals surface area (Å²) in [7, 11) is -4.00. The first-order chi connectivity index (χ1) is 10.2. The smallest absolute Gasteiger partial charge is 0.261 e. The molecule has 0 atom stereocenters. The number of primary amides is 1. The van der Waals surface area contributed by atoms with Gasteiger partial charge in [0.2, 0.25) is 5.91 Å². The molecular formula is C13H9Cl2FN2O3S. The van der Waals surface area contributed by atoms with Crippen LogP contribution in [0.4, 0.5) is 10.1 Å². The summed E-state index contributed by atoms with van der Waals surface area (Å²) in [5.74, 6) is -1.53. The normalized spacial score (nSPS) is 11.2. The van der Waals surface area contributed by atoms with E-state index in [9.17, 15) is 17.6 Å². The van der Waals surface area contributed by atoms with E-state index in [0.717, 1.165) is 18.2 Å². The first-order valence-corrected chi connectivity index (χ1v) is 8.02. The summed E-state index contributed by atoms with van der Waals surface area (Å²) in [5, 5.41) is -0.225. The molecule has 0 unspecified atom stereocenters. The predicted octanol–water partition coefficient (Wildman–Crippen LogP) is 3.03. The third kappa shape index (κ3) is 3.49. The fraction of sp³-hybridized carbons (Fsp3) is 0. The SMILES string of the molecule is NC(=O)c1cc(NS(=O)(=O)c2ccc(F)c(Cl)c2)ccc1Cl. The van der Waals surface area contributed by atoms with Gasteiger partial charge in [-0.3, -0.25) is 9.52 Å². The van der Waals surface area contributed by atoms with Crippen molar-refractivity contribution in [2.75, 3.05) is 4.72 Å². The van der Waals surface area contributed by atoms with Crippen LogP contribution >= 0.6 is 23.2 Å². The Hall–Kier alpha value is -1.83. The third-order valence-electron chi connectivity index (χ3n) is 2.69. The third-order valence-corrected chi connectivity index (χ3v) is 4.68. The van der Waals surface area contributed by atoms with E-state index < -0.39 is 21.7 Å². The number of anilines is 1. The van der Waals surface area contributed by atoms with Crippen LogP contribution in [0.15, 0.2) is 41.3 Å². The number of hydrogen-bond acceptors (Lipinski definition) is 3. The van der Waals surface area contributed by atoms with Gasteiger partial charge in [-0.25, -0.2) is 12.8 Å². The number of rotatable bonds is 4. The molecule has 0 aliphatic carbocycles. The molecular weight excluding hydrogens is 354 g/mol. The van der Waals surface area contributed by atoms with Gasteiger partial charge >= 0.3 is 0 Å². The van der Waals surface area contributed by atoms with Crippen LogP contribution in [0.5, 0.6) is 0 Å². The molecule has 0 aliphatic heterocycles. The Kier molecular flexibility index (Phi) is 4.60. The topological polar surface area (TPSA) is 89.3 Å². The maximum Gasteiger partial charge on any atom is 0.261 e. The summed E-state index contributed by atoms with van der Waals surface area (Å²) in [6, 6.07) is 6.87. The number of carbonyl (C=O) groups excluding carboxylic acids is 1. The van der Waals surface area contributed by atoms with Gasteiger partial charge in [-0.05, 0) is 36.4 Å². The van der Waals surface area contributed by atoms with Crippen LogP contribution in [0, 0.1) is 5.82 Å². The van der Waals surface area contributed by atoms with Crippen molar-refractivity contribution in [3.8, 4) is 0 Å². The minimum atomic E-state index is -4.00. The lowest BCUT2D eigenvalue weighted by Crippen LogP contribution is -2.15. The Labute approximate surface area is 135 Å². The molecule has 0 aromatic heterocycles. The lowest BCUT2D eigenvalue weighted by atomic mass is 10.2. The van der Waals surface area contributed by atoms with Gasteiger partial charge in [0.25, 0.3) is 10.0 Å². The van der Waals surface area contributed by atoms with Crippen molar-refractivity contribution in [3.05, 3.63) is 57.8 Å². The summed E-state index contributed by atoms with van der Waals surface area (Å²) in [4.78, 5) is 11.0. The van der Waals surface area contributed by atoms with Gasteiger partial charge in [0.05, 0.1) is 20.5 Å². The molecule has 0 saturated heterocycles. The number of hydrogen-bond donors (Lipinski definition) is 2. The molecule has 2 aromatic rings. The maximum atomic E-state index is 13.1. The molecule has 0 saturated carbocycles. The van der Waals surface area contributed by atoms with Crippen LogP contribution in [0.1, 0.15) is 10.4 Å². The van der Waals surface area contributed by atoms with E-state index in [0.29, 0.717) is 0 Å². The second-order valence-electron chi connectivity index (χ2n) is 4.24. The Morgan fingerprint density at radius 2 is 1.77 bits per heavy atom. The Bertz CT molecular complexity index is 856. The second-order valence-corrected chi connectivity index (χ2v) is 6.74. The van der Waals surface area contributed by atoms with E-state index in [1.165, 1.54) is 18.2 Å². The summed E-state index contributed by atoms with van der Waals surface area (Å²) < 4.78 is 39.7. The van der Waals surface area contributed by atoms with Crippen molar-refractivity contribution >= 4 is 44.8 Å². The number of nitrogens with two attached hydrogens (primary N) is 1. The molecule has 22 heavy (non-hydrogen) atoms. The van der Waals surface area contributed by atoms with Gasteiger partial charge < -0.3 is 5.73 Å². The van der Waals surface area contributed by atoms with Crippen molar-refractivity contribution in [1.82, 2.24) is 0 Å². The quantitative estimate of drug-likeness (QED) is 0.875. The average molecular weight is 363 g/mol. The molecule has 0 fully saturated rings. The van der Waals surface area contributed by atoms with Crippen molar-refractivity contribution in [2.24, 2.45) is 5.73 Å². The molecule has 0 heterocycles. The van der Waals surface area contributed by atoms with Gasteiger partial charge in [-0.1, -0.05) is 23.2 Å². The first-order valence-electron chi connectivity index (χ1n) is 5.78. The monoisotopic (exact) mass is 362 g/mol. The van der Waals surface area contributed by atoms with Crippen LogP contribution in [0.25, 0.3) is 0 Å². The molecule has 1 amide bonds. The van der Waals surface area contributed by atoms with Crippen molar-refractivity contribution in [2.45, 2.75) is 4.90 Å². The molecule has 0 spiro atoms. The van der Waals surface area contributed by atoms with E-state index in [2.05, 4.69) is 4.72 Å². The molecule has 2 aromatic carbocycles. The highest BCUT2D eigenvalue weighted by molar-refractivity contribution is 7.92. The highest BCUT2D eigenvalue weighted by Crippen LogP contribution is 2.24. The van der Waals surface area contributed by atoms with E-state index in [1.54, 1.807) is 0 Å². The molecule has 0 bridgehead atoms. The summed E-state index contributed by atoms with van der Waals surface area (Å²) in [5.41, 5.74) is 5.19. The van der Waals surface area contributed by atoms with E-state index in [-0.39, 0.29) is 26.2 Å². The number of amides is 1. The highest BCUT2D eigenvalue weighted by Gasteiger charge is 2.17. The number of nitrogens with one attached hydrogen (secondary N) is 1. The van der Waals surface area contributed by atoms with Crippen molar-refractivity contribution < 1.29 is 17.6 Å². The van der Waals surface area contributed by atoms with Gasteiger partial charge in [0.1, 0.15) is 5.82 Å². The van der Waals surface area contributed by atoms with Gasteiger partial charge in [-0.15, -0.1) is 0 Å². The number of halogens is 3. The van der Waals surface area contributed by atoms with Crippen LogP contribution in [-0.2, 0) is 10.0 Å². The van der Waals surface area contributed by atoms with Crippen LogP contribution in [0.2, 0.25) is 10.0 Å².